The topological polar surface area (TPSA) is 68.0 Å². The summed E-state index contributed by atoms with van der Waals surface area (Å²) in [6.45, 7) is 0. The Bertz CT molecular complexity index is 1020. The maximum atomic E-state index is 13.0. The summed E-state index contributed by atoms with van der Waals surface area (Å²) < 4.78 is 1.59. The lowest BCUT2D eigenvalue weighted by Gasteiger charge is -2.08. The molecule has 5 nitrogen and oxygen atoms in total. The van der Waals surface area contributed by atoms with E-state index < -0.39 is 0 Å². The van der Waals surface area contributed by atoms with Gasteiger partial charge in [-0.15, -0.1) is 0 Å². The largest absolute Gasteiger partial charge is 0.508 e. The molecule has 4 rings (SSSR count). The molecule has 116 valence electrons. The van der Waals surface area contributed by atoms with Gasteiger partial charge in [0.05, 0.1) is 11.0 Å². The maximum absolute atomic E-state index is 13.0. The van der Waals surface area contributed by atoms with Gasteiger partial charge in [-0.05, 0) is 48.5 Å². The van der Waals surface area contributed by atoms with Crippen molar-refractivity contribution >= 4 is 16.9 Å². The maximum Gasteiger partial charge on any atom is 0.264 e. The second-order valence-electron chi connectivity index (χ2n) is 5.35. The van der Waals surface area contributed by atoms with E-state index in [0.717, 1.165) is 16.6 Å². The normalized spacial score (nSPS) is 10.8. The highest BCUT2D eigenvalue weighted by Crippen LogP contribution is 2.27. The van der Waals surface area contributed by atoms with Crippen LogP contribution in [0.2, 0.25) is 0 Å². The first-order valence-corrected chi connectivity index (χ1v) is 7.45. The van der Waals surface area contributed by atoms with Crippen molar-refractivity contribution < 1.29 is 9.90 Å². The average Bonchev–Trinajstić information content (AvgIpc) is 3.02. The van der Waals surface area contributed by atoms with Gasteiger partial charge in [0.25, 0.3) is 5.91 Å². The van der Waals surface area contributed by atoms with E-state index >= 15 is 0 Å². The fourth-order valence-electron chi connectivity index (χ4n) is 2.66. The smallest absolute Gasteiger partial charge is 0.264 e. The van der Waals surface area contributed by atoms with Gasteiger partial charge in [-0.25, -0.2) is 4.98 Å². The number of para-hydroxylation sites is 2. The Morgan fingerprint density at radius 3 is 2.38 bits per heavy atom. The van der Waals surface area contributed by atoms with Crippen molar-refractivity contribution in [1.82, 2.24) is 14.5 Å². The van der Waals surface area contributed by atoms with Crippen LogP contribution in [-0.4, -0.2) is 25.5 Å². The van der Waals surface area contributed by atoms with Gasteiger partial charge in [0.15, 0.2) is 0 Å². The number of hydrogen-bond donors (Lipinski definition) is 1. The molecule has 0 aliphatic carbocycles. The molecule has 0 saturated carbocycles. The Balaban J connectivity index is 1.97. The summed E-state index contributed by atoms with van der Waals surface area (Å²) in [7, 11) is 0. The monoisotopic (exact) mass is 315 g/mol. The van der Waals surface area contributed by atoms with E-state index in [2.05, 4.69) is 9.97 Å². The molecule has 0 radical (unpaired) electrons. The minimum absolute atomic E-state index is 0.168. The number of carbonyl (C=O) groups excluding carboxylic acids is 1. The number of imidazole rings is 1. The minimum atomic E-state index is -0.172. The number of rotatable bonds is 2. The van der Waals surface area contributed by atoms with Crippen molar-refractivity contribution in [3.8, 4) is 17.1 Å². The Hall–Kier alpha value is -3.47. The second-order valence-corrected chi connectivity index (χ2v) is 5.35. The predicted octanol–water partition coefficient (Wildman–Crippen LogP) is 3.49. The minimum Gasteiger partial charge on any atom is -0.508 e. The highest BCUT2D eigenvalue weighted by Gasteiger charge is 2.19. The van der Waals surface area contributed by atoms with Crippen LogP contribution in [0.15, 0.2) is 73.1 Å². The first kappa shape index (κ1) is 14.1. The molecule has 2 aromatic heterocycles. The lowest BCUT2D eigenvalue weighted by atomic mass is 10.2. The molecule has 24 heavy (non-hydrogen) atoms. The molecule has 5 heteroatoms. The summed E-state index contributed by atoms with van der Waals surface area (Å²) in [6.07, 6.45) is 3.18. The number of phenolic OH excluding ortho intramolecular Hbond substituents is 1. The van der Waals surface area contributed by atoms with E-state index in [0.29, 0.717) is 11.4 Å². The number of phenols is 1. The number of fused-ring (bicyclic) bond motifs is 1. The van der Waals surface area contributed by atoms with Gasteiger partial charge in [-0.1, -0.05) is 12.1 Å². The zero-order chi connectivity index (χ0) is 16.5. The van der Waals surface area contributed by atoms with Gasteiger partial charge in [0, 0.05) is 23.5 Å². The molecule has 0 aliphatic rings. The van der Waals surface area contributed by atoms with E-state index in [9.17, 15) is 9.90 Å². The summed E-state index contributed by atoms with van der Waals surface area (Å²) in [5.74, 6) is 0.536. The van der Waals surface area contributed by atoms with Crippen molar-refractivity contribution in [2.24, 2.45) is 0 Å². The van der Waals surface area contributed by atoms with E-state index in [-0.39, 0.29) is 11.7 Å². The van der Waals surface area contributed by atoms with Crippen LogP contribution >= 0.6 is 0 Å². The van der Waals surface area contributed by atoms with Crippen LogP contribution in [0.3, 0.4) is 0 Å². The van der Waals surface area contributed by atoms with Crippen LogP contribution in [0.4, 0.5) is 0 Å². The number of benzene rings is 2. The van der Waals surface area contributed by atoms with Crippen LogP contribution in [0.1, 0.15) is 10.4 Å². The molecule has 0 unspecified atom stereocenters. The van der Waals surface area contributed by atoms with Gasteiger partial charge in [-0.2, -0.15) is 0 Å². The van der Waals surface area contributed by atoms with Gasteiger partial charge < -0.3 is 5.11 Å². The fourth-order valence-corrected chi connectivity index (χ4v) is 2.66. The third-order valence-electron chi connectivity index (χ3n) is 3.82. The molecular weight excluding hydrogens is 302 g/mol. The second kappa shape index (κ2) is 5.62. The molecule has 2 aromatic carbocycles. The van der Waals surface area contributed by atoms with Crippen molar-refractivity contribution in [3.05, 3.63) is 78.6 Å². The average molecular weight is 315 g/mol. The first-order chi connectivity index (χ1) is 11.7. The van der Waals surface area contributed by atoms with Crippen molar-refractivity contribution in [3.63, 3.8) is 0 Å². The predicted molar refractivity (Wildman–Crippen MR) is 90.8 cm³/mol. The van der Waals surface area contributed by atoms with E-state index in [1.54, 1.807) is 53.4 Å². The van der Waals surface area contributed by atoms with Gasteiger partial charge in [0.1, 0.15) is 11.6 Å². The molecule has 0 bridgehead atoms. The van der Waals surface area contributed by atoms with Crippen molar-refractivity contribution in [2.45, 2.75) is 0 Å². The molecule has 0 amide bonds. The molecule has 0 spiro atoms. The molecule has 1 N–H and O–H groups in total. The van der Waals surface area contributed by atoms with E-state index in [4.69, 9.17) is 0 Å². The number of nitrogens with zero attached hydrogens (tertiary/aromatic N) is 3. The Morgan fingerprint density at radius 2 is 1.62 bits per heavy atom. The lowest BCUT2D eigenvalue weighted by molar-refractivity contribution is 0.0966. The molecule has 2 heterocycles. The van der Waals surface area contributed by atoms with E-state index in [1.165, 1.54) is 0 Å². The number of hydrogen-bond acceptors (Lipinski definition) is 4. The third-order valence-corrected chi connectivity index (χ3v) is 3.82. The van der Waals surface area contributed by atoms with Crippen LogP contribution in [0, 0.1) is 0 Å². The van der Waals surface area contributed by atoms with Crippen molar-refractivity contribution in [2.75, 3.05) is 0 Å². The fraction of sp³-hybridized carbons (Fsp3) is 0. The van der Waals surface area contributed by atoms with Crippen LogP contribution in [0.25, 0.3) is 22.4 Å². The molecule has 0 saturated heterocycles. The zero-order valence-electron chi connectivity index (χ0n) is 12.6. The Kier molecular flexibility index (Phi) is 3.31. The first-order valence-electron chi connectivity index (χ1n) is 7.45. The summed E-state index contributed by atoms with van der Waals surface area (Å²) in [5, 5.41) is 9.50. The number of aromatic nitrogens is 3. The van der Waals surface area contributed by atoms with Crippen LogP contribution in [0.5, 0.6) is 5.75 Å². The van der Waals surface area contributed by atoms with Crippen LogP contribution < -0.4 is 0 Å². The third kappa shape index (κ3) is 2.32. The standard InChI is InChI=1S/C19H13N3O2/c23-15-7-5-13(6-8-15)18-21-16-3-1-2-4-17(16)22(18)19(24)14-9-11-20-12-10-14/h1-12,23H. The Morgan fingerprint density at radius 1 is 0.917 bits per heavy atom. The number of pyridine rings is 1. The highest BCUT2D eigenvalue weighted by atomic mass is 16.3. The molecule has 0 aliphatic heterocycles. The van der Waals surface area contributed by atoms with Crippen molar-refractivity contribution in [1.29, 1.82) is 0 Å². The number of carbonyl (C=O) groups is 1. The molecular formula is C19H13N3O2. The van der Waals surface area contributed by atoms with E-state index in [1.807, 2.05) is 24.3 Å². The SMILES string of the molecule is O=C(c1ccncc1)n1c(-c2ccc(O)cc2)nc2ccccc21. The molecule has 0 fully saturated rings. The van der Waals surface area contributed by atoms with Gasteiger partial charge >= 0.3 is 0 Å². The summed E-state index contributed by atoms with van der Waals surface area (Å²) in [5.41, 5.74) is 2.77. The summed E-state index contributed by atoms with van der Waals surface area (Å²) in [4.78, 5) is 21.6. The summed E-state index contributed by atoms with van der Waals surface area (Å²) >= 11 is 0. The quantitative estimate of drug-likeness (QED) is 0.615. The highest BCUT2D eigenvalue weighted by molar-refractivity contribution is 6.03. The lowest BCUT2D eigenvalue weighted by Crippen LogP contribution is -2.13. The zero-order valence-corrected chi connectivity index (χ0v) is 12.6. The Labute approximate surface area is 137 Å². The van der Waals surface area contributed by atoms with Gasteiger partial charge in [-0.3, -0.25) is 14.3 Å². The van der Waals surface area contributed by atoms with Gasteiger partial charge in [0.2, 0.25) is 0 Å². The molecule has 4 aromatic rings. The van der Waals surface area contributed by atoms with Crippen LogP contribution in [-0.2, 0) is 0 Å². The summed E-state index contributed by atoms with van der Waals surface area (Å²) in [6, 6.07) is 17.5. The number of aromatic hydroxyl groups is 1. The molecule has 0 atom stereocenters.